The van der Waals surface area contributed by atoms with Gasteiger partial charge in [0.05, 0.1) is 11.8 Å². The Bertz CT molecular complexity index is 1440. The third-order valence-corrected chi connectivity index (χ3v) is 6.18. The summed E-state index contributed by atoms with van der Waals surface area (Å²) >= 11 is 0. The van der Waals surface area contributed by atoms with E-state index in [-0.39, 0.29) is 5.82 Å². The van der Waals surface area contributed by atoms with E-state index < -0.39 is 0 Å². The molecule has 0 fully saturated rings. The Balaban J connectivity index is 1.53. The van der Waals surface area contributed by atoms with E-state index in [4.69, 9.17) is 9.72 Å². The molecule has 0 radical (unpaired) electrons. The average molecular weight is 450 g/mol. The van der Waals surface area contributed by atoms with Gasteiger partial charge in [-0.1, -0.05) is 49.4 Å². The van der Waals surface area contributed by atoms with Gasteiger partial charge in [-0.05, 0) is 41.8 Å². The summed E-state index contributed by atoms with van der Waals surface area (Å²) in [6.07, 6.45) is 2.93. The van der Waals surface area contributed by atoms with Crippen molar-refractivity contribution in [2.45, 2.75) is 33.4 Å². The fraction of sp³-hybridized carbons (Fsp3) is 0.172. The molecule has 2 heterocycles. The predicted octanol–water partition coefficient (Wildman–Crippen LogP) is 6.54. The third kappa shape index (κ3) is 3.99. The normalized spacial score (nSPS) is 13.8. The van der Waals surface area contributed by atoms with Crippen molar-refractivity contribution in [1.29, 1.82) is 5.26 Å². The van der Waals surface area contributed by atoms with Crippen molar-refractivity contribution < 1.29 is 9.13 Å². The Labute approximate surface area is 198 Å². The maximum atomic E-state index is 13.9. The van der Waals surface area contributed by atoms with Crippen molar-refractivity contribution in [2.24, 2.45) is 0 Å². The van der Waals surface area contributed by atoms with Crippen LogP contribution < -0.4 is 4.74 Å². The molecule has 34 heavy (non-hydrogen) atoms. The van der Waals surface area contributed by atoms with E-state index >= 15 is 0 Å². The highest BCUT2D eigenvalue weighted by Crippen LogP contribution is 2.39. The molecule has 1 aliphatic rings. The molecule has 0 N–H and O–H groups in total. The molecule has 1 aromatic heterocycles. The molecule has 0 unspecified atom stereocenters. The van der Waals surface area contributed by atoms with E-state index in [0.717, 1.165) is 51.3 Å². The Morgan fingerprint density at radius 1 is 1.09 bits per heavy atom. The summed E-state index contributed by atoms with van der Waals surface area (Å²) in [6.45, 7) is 4.88. The van der Waals surface area contributed by atoms with Gasteiger partial charge in [0.2, 0.25) is 0 Å². The van der Waals surface area contributed by atoms with Crippen molar-refractivity contribution in [1.82, 2.24) is 9.55 Å². The fourth-order valence-corrected chi connectivity index (χ4v) is 4.51. The molecule has 5 rings (SSSR count). The van der Waals surface area contributed by atoms with Crippen LogP contribution >= 0.6 is 0 Å². The van der Waals surface area contributed by atoms with Gasteiger partial charge < -0.3 is 9.30 Å². The Hall–Kier alpha value is -4.17. The number of allylic oxidation sites excluding steroid dienone is 1. The standard InChI is InChI=1S/C29H24FN3O/c1-3-28-32-26(21-7-5-4-6-8-21)17-33(28)16-20-9-11-24-22(13-20)18-34-27-14-23(30)10-12-25(27)29(24)19(2)15-31/h4-14,17H,3,16,18H2,1-2H3/b29-19+. The van der Waals surface area contributed by atoms with Gasteiger partial charge in [-0.15, -0.1) is 0 Å². The number of imidazole rings is 1. The summed E-state index contributed by atoms with van der Waals surface area (Å²) in [6, 6.07) is 23.2. The Kier molecular flexibility index (Phi) is 5.73. The quantitative estimate of drug-likeness (QED) is 0.333. The van der Waals surface area contributed by atoms with Gasteiger partial charge in [0, 0.05) is 47.5 Å². The topological polar surface area (TPSA) is 50.8 Å². The number of fused-ring (bicyclic) bond motifs is 2. The first kappa shape index (κ1) is 21.7. The van der Waals surface area contributed by atoms with Crippen LogP contribution in [0.25, 0.3) is 16.8 Å². The smallest absolute Gasteiger partial charge is 0.130 e. The molecule has 0 aliphatic carbocycles. The van der Waals surface area contributed by atoms with E-state index in [2.05, 4.69) is 48.0 Å². The summed E-state index contributed by atoms with van der Waals surface area (Å²) in [7, 11) is 0. The molecule has 0 saturated heterocycles. The van der Waals surface area contributed by atoms with Crippen molar-refractivity contribution in [3.63, 3.8) is 0 Å². The minimum atomic E-state index is -0.360. The molecular weight excluding hydrogens is 425 g/mol. The molecular formula is C29H24FN3O. The number of rotatable bonds is 4. The Morgan fingerprint density at radius 3 is 2.65 bits per heavy atom. The predicted molar refractivity (Wildman–Crippen MR) is 131 cm³/mol. The average Bonchev–Trinajstić information content (AvgIpc) is 3.20. The van der Waals surface area contributed by atoms with Crippen molar-refractivity contribution >= 4 is 5.57 Å². The molecule has 0 bridgehead atoms. The molecule has 4 aromatic rings. The van der Waals surface area contributed by atoms with Gasteiger partial charge in [-0.2, -0.15) is 5.26 Å². The van der Waals surface area contributed by atoms with Crippen LogP contribution in [0.15, 0.2) is 78.5 Å². The summed E-state index contributed by atoms with van der Waals surface area (Å²) in [5, 5.41) is 9.65. The zero-order chi connectivity index (χ0) is 23.7. The highest BCUT2D eigenvalue weighted by molar-refractivity contribution is 5.88. The monoisotopic (exact) mass is 449 g/mol. The number of hydrogen-bond acceptors (Lipinski definition) is 3. The molecule has 5 heteroatoms. The Morgan fingerprint density at radius 2 is 1.88 bits per heavy atom. The molecule has 3 aromatic carbocycles. The minimum Gasteiger partial charge on any atom is -0.488 e. The van der Waals surface area contributed by atoms with Crippen LogP contribution in [-0.2, 0) is 19.6 Å². The first-order chi connectivity index (χ1) is 16.6. The lowest BCUT2D eigenvalue weighted by atomic mass is 9.90. The maximum absolute atomic E-state index is 13.9. The first-order valence-electron chi connectivity index (χ1n) is 11.3. The third-order valence-electron chi connectivity index (χ3n) is 6.18. The number of aryl methyl sites for hydroxylation is 1. The van der Waals surface area contributed by atoms with Crippen LogP contribution in [0.4, 0.5) is 4.39 Å². The zero-order valence-electron chi connectivity index (χ0n) is 19.2. The van der Waals surface area contributed by atoms with E-state index in [9.17, 15) is 9.65 Å². The maximum Gasteiger partial charge on any atom is 0.130 e. The number of nitriles is 1. The second kappa shape index (κ2) is 8.99. The van der Waals surface area contributed by atoms with Crippen LogP contribution in [0.1, 0.15) is 41.9 Å². The molecule has 0 saturated carbocycles. The van der Waals surface area contributed by atoms with Gasteiger partial charge in [-0.3, -0.25) is 0 Å². The van der Waals surface area contributed by atoms with Crippen LogP contribution in [0.3, 0.4) is 0 Å². The zero-order valence-corrected chi connectivity index (χ0v) is 19.2. The summed E-state index contributed by atoms with van der Waals surface area (Å²) < 4.78 is 22.1. The molecule has 0 spiro atoms. The molecule has 1 aliphatic heterocycles. The highest BCUT2D eigenvalue weighted by Gasteiger charge is 2.22. The lowest BCUT2D eigenvalue weighted by molar-refractivity contribution is 0.305. The molecule has 0 atom stereocenters. The van der Waals surface area contributed by atoms with E-state index in [1.54, 1.807) is 13.0 Å². The van der Waals surface area contributed by atoms with Crippen LogP contribution in [0, 0.1) is 17.1 Å². The number of hydrogen-bond donors (Lipinski definition) is 0. The van der Waals surface area contributed by atoms with Gasteiger partial charge in [-0.25, -0.2) is 9.37 Å². The molecule has 4 nitrogen and oxygen atoms in total. The summed E-state index contributed by atoms with van der Waals surface area (Å²) in [4.78, 5) is 4.84. The highest BCUT2D eigenvalue weighted by atomic mass is 19.1. The van der Waals surface area contributed by atoms with Gasteiger partial charge >= 0.3 is 0 Å². The first-order valence-corrected chi connectivity index (χ1v) is 11.3. The molecule has 168 valence electrons. The lowest BCUT2D eigenvalue weighted by Crippen LogP contribution is -2.05. The minimum absolute atomic E-state index is 0.307. The summed E-state index contributed by atoms with van der Waals surface area (Å²) in [5.74, 6) is 1.12. The van der Waals surface area contributed by atoms with Crippen molar-refractivity contribution in [3.05, 3.63) is 112 Å². The number of ether oxygens (including phenoxy) is 1. The van der Waals surface area contributed by atoms with Crippen LogP contribution in [0.5, 0.6) is 5.75 Å². The van der Waals surface area contributed by atoms with Gasteiger partial charge in [0.15, 0.2) is 0 Å². The summed E-state index contributed by atoms with van der Waals surface area (Å²) in [5.41, 5.74) is 7.19. The SMILES string of the molecule is CCc1nc(-c2ccccc2)cn1Cc1ccc2c(c1)COc1cc(F)ccc1/C2=C(\C)C#N. The second-order valence-corrected chi connectivity index (χ2v) is 8.42. The fourth-order valence-electron chi connectivity index (χ4n) is 4.51. The number of nitrogens with zero attached hydrogens (tertiary/aromatic N) is 3. The largest absolute Gasteiger partial charge is 0.488 e. The number of halogens is 1. The van der Waals surface area contributed by atoms with Gasteiger partial charge in [0.25, 0.3) is 0 Å². The van der Waals surface area contributed by atoms with Crippen LogP contribution in [0.2, 0.25) is 0 Å². The number of aromatic nitrogens is 2. The molecule has 0 amide bonds. The van der Waals surface area contributed by atoms with E-state index in [1.165, 1.54) is 12.1 Å². The second-order valence-electron chi connectivity index (χ2n) is 8.42. The van der Waals surface area contributed by atoms with E-state index in [0.29, 0.717) is 24.5 Å². The van der Waals surface area contributed by atoms with Gasteiger partial charge in [0.1, 0.15) is 24.0 Å². The number of benzene rings is 3. The van der Waals surface area contributed by atoms with Crippen molar-refractivity contribution in [3.8, 4) is 23.1 Å². The van der Waals surface area contributed by atoms with Crippen LogP contribution in [-0.4, -0.2) is 9.55 Å². The lowest BCUT2D eigenvalue weighted by Gasteiger charge is -2.13. The van der Waals surface area contributed by atoms with E-state index in [1.807, 2.05) is 24.3 Å². The van der Waals surface area contributed by atoms with Crippen molar-refractivity contribution in [2.75, 3.05) is 0 Å².